The molecule has 0 bridgehead atoms. The summed E-state index contributed by atoms with van der Waals surface area (Å²) in [5.74, 6) is 0. The molecule has 0 saturated carbocycles. The molecule has 1 aromatic rings. The fraction of sp³-hybridized carbons (Fsp3) is 0.462. The first-order valence-electron chi connectivity index (χ1n) is 5.94. The number of hydrogen-bond acceptors (Lipinski definition) is 4. The van der Waals surface area contributed by atoms with Gasteiger partial charge in [-0.05, 0) is 38.2 Å². The molecule has 0 spiro atoms. The molecule has 1 fully saturated rings. The van der Waals surface area contributed by atoms with E-state index in [1.54, 1.807) is 6.07 Å². The van der Waals surface area contributed by atoms with Gasteiger partial charge in [-0.3, -0.25) is 0 Å². The van der Waals surface area contributed by atoms with Crippen LogP contribution in [0.5, 0.6) is 0 Å². The molecule has 4 nitrogen and oxygen atoms in total. The highest BCUT2D eigenvalue weighted by atomic mass is 15.2. The normalized spacial score (nSPS) is 17.5. The van der Waals surface area contributed by atoms with Gasteiger partial charge in [-0.25, -0.2) is 0 Å². The van der Waals surface area contributed by atoms with Gasteiger partial charge in [-0.15, -0.1) is 0 Å². The highest BCUT2D eigenvalue weighted by molar-refractivity contribution is 5.69. The molecule has 2 N–H and O–H groups in total. The molecular formula is C13H18N4. The molecule has 90 valence electrons. The molecule has 0 aromatic heterocycles. The van der Waals surface area contributed by atoms with Crippen molar-refractivity contribution in [2.24, 2.45) is 0 Å². The minimum Gasteiger partial charge on any atom is -0.397 e. The van der Waals surface area contributed by atoms with Crippen molar-refractivity contribution in [2.45, 2.75) is 6.42 Å². The summed E-state index contributed by atoms with van der Waals surface area (Å²) in [6, 6.07) is 7.64. The van der Waals surface area contributed by atoms with E-state index < -0.39 is 0 Å². The van der Waals surface area contributed by atoms with Crippen LogP contribution in [-0.2, 0) is 0 Å². The minimum atomic E-state index is 0.673. The molecule has 0 unspecified atom stereocenters. The van der Waals surface area contributed by atoms with Crippen LogP contribution in [0.15, 0.2) is 18.2 Å². The predicted molar refractivity (Wildman–Crippen MR) is 69.9 cm³/mol. The maximum Gasteiger partial charge on any atom is 0.0992 e. The Morgan fingerprint density at radius 1 is 1.24 bits per heavy atom. The fourth-order valence-corrected chi connectivity index (χ4v) is 2.17. The van der Waals surface area contributed by atoms with Gasteiger partial charge in [0.2, 0.25) is 0 Å². The number of nitrogens with two attached hydrogens (primary N) is 1. The molecular weight excluding hydrogens is 212 g/mol. The van der Waals surface area contributed by atoms with E-state index in [1.165, 1.54) is 0 Å². The van der Waals surface area contributed by atoms with Crippen LogP contribution in [0.3, 0.4) is 0 Å². The molecule has 1 heterocycles. The smallest absolute Gasteiger partial charge is 0.0992 e. The number of nitrogens with zero attached hydrogens (tertiary/aromatic N) is 3. The Balaban J connectivity index is 2.23. The molecule has 0 radical (unpaired) electrons. The molecule has 0 amide bonds. The molecule has 1 saturated heterocycles. The first-order valence-corrected chi connectivity index (χ1v) is 5.94. The lowest BCUT2D eigenvalue weighted by atomic mass is 10.1. The molecule has 0 aliphatic carbocycles. The lowest BCUT2D eigenvalue weighted by molar-refractivity contribution is 0.360. The van der Waals surface area contributed by atoms with E-state index in [1.807, 2.05) is 12.1 Å². The summed E-state index contributed by atoms with van der Waals surface area (Å²) in [5.41, 5.74) is 8.43. The van der Waals surface area contributed by atoms with E-state index in [9.17, 15) is 0 Å². The lowest BCUT2D eigenvalue weighted by Gasteiger charge is -2.24. The van der Waals surface area contributed by atoms with Crippen molar-refractivity contribution in [3.63, 3.8) is 0 Å². The van der Waals surface area contributed by atoms with E-state index >= 15 is 0 Å². The van der Waals surface area contributed by atoms with Crippen molar-refractivity contribution in [2.75, 3.05) is 43.9 Å². The summed E-state index contributed by atoms with van der Waals surface area (Å²) in [5, 5.41) is 8.93. The largest absolute Gasteiger partial charge is 0.397 e. The summed E-state index contributed by atoms with van der Waals surface area (Å²) < 4.78 is 0. The molecule has 1 aliphatic rings. The van der Waals surface area contributed by atoms with Gasteiger partial charge >= 0.3 is 0 Å². The Morgan fingerprint density at radius 2 is 2.06 bits per heavy atom. The van der Waals surface area contributed by atoms with Crippen LogP contribution < -0.4 is 10.6 Å². The van der Waals surface area contributed by atoms with Crippen molar-refractivity contribution in [1.29, 1.82) is 5.26 Å². The SMILES string of the molecule is CN1CCCN(c2cc(C#N)ccc2N)CC1. The summed E-state index contributed by atoms with van der Waals surface area (Å²) >= 11 is 0. The maximum atomic E-state index is 8.93. The summed E-state index contributed by atoms with van der Waals surface area (Å²) in [6.07, 6.45) is 1.13. The molecule has 0 atom stereocenters. The van der Waals surface area contributed by atoms with Crippen LogP contribution >= 0.6 is 0 Å². The number of nitriles is 1. The second-order valence-corrected chi connectivity index (χ2v) is 4.53. The zero-order chi connectivity index (χ0) is 12.3. The Labute approximate surface area is 102 Å². The van der Waals surface area contributed by atoms with Crippen LogP contribution in [0.25, 0.3) is 0 Å². The Morgan fingerprint density at radius 3 is 2.82 bits per heavy atom. The number of anilines is 2. The topological polar surface area (TPSA) is 56.3 Å². The molecule has 4 heteroatoms. The summed E-state index contributed by atoms with van der Waals surface area (Å²) in [7, 11) is 2.14. The first-order chi connectivity index (χ1) is 8.20. The van der Waals surface area contributed by atoms with E-state index in [0.29, 0.717) is 5.56 Å². The van der Waals surface area contributed by atoms with Gasteiger partial charge in [0.25, 0.3) is 0 Å². The Kier molecular flexibility index (Phi) is 3.50. The van der Waals surface area contributed by atoms with Crippen molar-refractivity contribution in [1.82, 2.24) is 4.90 Å². The van der Waals surface area contributed by atoms with E-state index in [4.69, 9.17) is 11.0 Å². The number of benzene rings is 1. The summed E-state index contributed by atoms with van der Waals surface area (Å²) in [4.78, 5) is 4.60. The first kappa shape index (κ1) is 11.7. The van der Waals surface area contributed by atoms with Gasteiger partial charge in [0.1, 0.15) is 0 Å². The highest BCUT2D eigenvalue weighted by Gasteiger charge is 2.14. The molecule has 2 rings (SSSR count). The van der Waals surface area contributed by atoms with Gasteiger partial charge in [0.05, 0.1) is 23.0 Å². The average molecular weight is 230 g/mol. The van der Waals surface area contributed by atoms with Crippen LogP contribution in [0.1, 0.15) is 12.0 Å². The van der Waals surface area contributed by atoms with Crippen molar-refractivity contribution < 1.29 is 0 Å². The number of nitrogen functional groups attached to an aromatic ring is 1. The third-order valence-electron chi connectivity index (χ3n) is 3.22. The van der Waals surface area contributed by atoms with Crippen molar-refractivity contribution in [3.8, 4) is 6.07 Å². The van der Waals surface area contributed by atoms with Gasteiger partial charge < -0.3 is 15.5 Å². The average Bonchev–Trinajstić information content (AvgIpc) is 2.55. The van der Waals surface area contributed by atoms with Gasteiger partial charge in [-0.2, -0.15) is 5.26 Å². The maximum absolute atomic E-state index is 8.93. The quantitative estimate of drug-likeness (QED) is 0.738. The van der Waals surface area contributed by atoms with Crippen LogP contribution in [-0.4, -0.2) is 38.1 Å². The van der Waals surface area contributed by atoms with E-state index in [2.05, 4.69) is 22.9 Å². The van der Waals surface area contributed by atoms with E-state index in [0.717, 1.165) is 44.0 Å². The number of likely N-dealkylation sites (N-methyl/N-ethyl adjacent to an activating group) is 1. The Bertz CT molecular complexity index is 436. The lowest BCUT2D eigenvalue weighted by Crippen LogP contribution is -2.29. The standard InChI is InChI=1S/C13H18N4/c1-16-5-2-6-17(8-7-16)13-9-11(10-14)3-4-12(13)15/h3-4,9H,2,5-8,15H2,1H3. The summed E-state index contributed by atoms with van der Waals surface area (Å²) in [6.45, 7) is 4.13. The van der Waals surface area contributed by atoms with Gasteiger partial charge in [0.15, 0.2) is 0 Å². The van der Waals surface area contributed by atoms with Crippen LogP contribution in [0.4, 0.5) is 11.4 Å². The fourth-order valence-electron chi connectivity index (χ4n) is 2.17. The van der Waals surface area contributed by atoms with Crippen molar-refractivity contribution in [3.05, 3.63) is 23.8 Å². The minimum absolute atomic E-state index is 0.673. The third-order valence-corrected chi connectivity index (χ3v) is 3.22. The molecule has 17 heavy (non-hydrogen) atoms. The zero-order valence-corrected chi connectivity index (χ0v) is 10.2. The van der Waals surface area contributed by atoms with Gasteiger partial charge in [-0.1, -0.05) is 0 Å². The van der Waals surface area contributed by atoms with E-state index in [-0.39, 0.29) is 0 Å². The molecule has 1 aliphatic heterocycles. The Hall–Kier alpha value is -1.73. The second kappa shape index (κ2) is 5.07. The number of rotatable bonds is 1. The predicted octanol–water partition coefficient (Wildman–Crippen LogP) is 1.28. The van der Waals surface area contributed by atoms with Crippen molar-refractivity contribution >= 4 is 11.4 Å². The van der Waals surface area contributed by atoms with Crippen LogP contribution in [0, 0.1) is 11.3 Å². The second-order valence-electron chi connectivity index (χ2n) is 4.53. The van der Waals surface area contributed by atoms with Gasteiger partial charge in [0, 0.05) is 19.6 Å². The van der Waals surface area contributed by atoms with Crippen LogP contribution in [0.2, 0.25) is 0 Å². The number of hydrogen-bond donors (Lipinski definition) is 1. The molecule has 1 aromatic carbocycles. The zero-order valence-electron chi connectivity index (χ0n) is 10.2. The monoisotopic (exact) mass is 230 g/mol. The highest BCUT2D eigenvalue weighted by Crippen LogP contribution is 2.25. The third kappa shape index (κ3) is 2.69.